The van der Waals surface area contributed by atoms with Crippen molar-refractivity contribution >= 4 is 27.4 Å². The minimum absolute atomic E-state index is 0.0623. The summed E-state index contributed by atoms with van der Waals surface area (Å²) in [6.07, 6.45) is 1.78. The van der Waals surface area contributed by atoms with Crippen molar-refractivity contribution in [3.8, 4) is 0 Å². The quantitative estimate of drug-likeness (QED) is 0.858. The van der Waals surface area contributed by atoms with Crippen LogP contribution in [0, 0.1) is 0 Å². The van der Waals surface area contributed by atoms with Crippen LogP contribution in [0.15, 0.2) is 16.7 Å². The highest BCUT2D eigenvalue weighted by Gasteiger charge is 2.32. The third-order valence-corrected chi connectivity index (χ3v) is 3.20. The van der Waals surface area contributed by atoms with E-state index in [-0.39, 0.29) is 5.54 Å². The summed E-state index contributed by atoms with van der Waals surface area (Å²) in [5.41, 5.74) is 6.63. The average Bonchev–Trinajstić information content (AvgIpc) is 2.19. The molecule has 2 N–H and O–H groups in total. The van der Waals surface area contributed by atoms with Crippen molar-refractivity contribution in [2.75, 3.05) is 30.4 Å². The Bertz CT molecular complexity index is 395. The zero-order valence-electron chi connectivity index (χ0n) is 9.53. The Morgan fingerprint density at radius 3 is 2.94 bits per heavy atom. The van der Waals surface area contributed by atoms with Gasteiger partial charge in [0.05, 0.1) is 24.4 Å². The number of ether oxygens (including phenoxy) is 1. The van der Waals surface area contributed by atoms with Gasteiger partial charge in [0.2, 0.25) is 0 Å². The SMILES string of the molecule is CC1(C)COCCN1c1ncc(Br)cc1N. The van der Waals surface area contributed by atoms with Crippen LogP contribution in [0.2, 0.25) is 0 Å². The van der Waals surface area contributed by atoms with E-state index in [0.717, 1.165) is 23.4 Å². The summed E-state index contributed by atoms with van der Waals surface area (Å²) in [7, 11) is 0. The van der Waals surface area contributed by atoms with Crippen LogP contribution in [-0.4, -0.2) is 30.3 Å². The van der Waals surface area contributed by atoms with Crippen LogP contribution < -0.4 is 10.6 Å². The molecule has 0 aromatic carbocycles. The standard InChI is InChI=1S/C11H16BrN3O/c1-11(2)7-16-4-3-15(11)10-9(13)5-8(12)6-14-10/h5-6H,3-4,7,13H2,1-2H3. The lowest BCUT2D eigenvalue weighted by Gasteiger charge is -2.43. The van der Waals surface area contributed by atoms with Crippen LogP contribution in [0.25, 0.3) is 0 Å². The second kappa shape index (κ2) is 4.22. The largest absolute Gasteiger partial charge is 0.396 e. The third-order valence-electron chi connectivity index (χ3n) is 2.76. The lowest BCUT2D eigenvalue weighted by atomic mass is 10.0. The van der Waals surface area contributed by atoms with Crippen molar-refractivity contribution in [2.24, 2.45) is 0 Å². The monoisotopic (exact) mass is 285 g/mol. The first kappa shape index (κ1) is 11.7. The van der Waals surface area contributed by atoms with Crippen LogP contribution in [0.4, 0.5) is 11.5 Å². The van der Waals surface area contributed by atoms with Gasteiger partial charge < -0.3 is 15.4 Å². The Hall–Kier alpha value is -0.810. The Morgan fingerprint density at radius 1 is 1.56 bits per heavy atom. The van der Waals surface area contributed by atoms with E-state index in [2.05, 4.69) is 39.7 Å². The predicted molar refractivity (Wildman–Crippen MR) is 68.6 cm³/mol. The molecule has 1 aromatic heterocycles. The minimum atomic E-state index is -0.0623. The van der Waals surface area contributed by atoms with E-state index >= 15 is 0 Å². The number of anilines is 2. The fourth-order valence-corrected chi connectivity index (χ4v) is 2.27. The Labute approximate surface area is 104 Å². The molecule has 1 aliphatic rings. The van der Waals surface area contributed by atoms with Gasteiger partial charge in [-0.15, -0.1) is 0 Å². The van der Waals surface area contributed by atoms with Crippen molar-refractivity contribution in [3.05, 3.63) is 16.7 Å². The van der Waals surface area contributed by atoms with Crippen molar-refractivity contribution in [1.82, 2.24) is 4.98 Å². The maximum atomic E-state index is 6.00. The Balaban J connectivity index is 2.35. The van der Waals surface area contributed by atoms with Crippen LogP contribution in [0.3, 0.4) is 0 Å². The molecule has 5 heteroatoms. The highest BCUT2D eigenvalue weighted by atomic mass is 79.9. The maximum Gasteiger partial charge on any atom is 0.152 e. The highest BCUT2D eigenvalue weighted by Crippen LogP contribution is 2.30. The number of morpholine rings is 1. The van der Waals surface area contributed by atoms with E-state index in [9.17, 15) is 0 Å². The molecule has 0 aliphatic carbocycles. The fraction of sp³-hybridized carbons (Fsp3) is 0.545. The van der Waals surface area contributed by atoms with Gasteiger partial charge in [-0.2, -0.15) is 0 Å². The van der Waals surface area contributed by atoms with E-state index in [1.54, 1.807) is 6.20 Å². The summed E-state index contributed by atoms with van der Waals surface area (Å²) in [6.45, 7) is 6.52. The molecule has 0 saturated carbocycles. The molecule has 0 bridgehead atoms. The summed E-state index contributed by atoms with van der Waals surface area (Å²) >= 11 is 3.36. The molecule has 0 spiro atoms. The Morgan fingerprint density at radius 2 is 2.31 bits per heavy atom. The van der Waals surface area contributed by atoms with Gasteiger partial charge in [-0.25, -0.2) is 4.98 Å². The summed E-state index contributed by atoms with van der Waals surface area (Å²) < 4.78 is 6.38. The van der Waals surface area contributed by atoms with E-state index in [1.165, 1.54) is 0 Å². The molecule has 0 unspecified atom stereocenters. The molecule has 1 fully saturated rings. The van der Waals surface area contributed by atoms with Gasteiger partial charge in [-0.1, -0.05) is 0 Å². The number of hydrogen-bond donors (Lipinski definition) is 1. The summed E-state index contributed by atoms with van der Waals surface area (Å²) in [5.74, 6) is 0.844. The van der Waals surface area contributed by atoms with Crippen LogP contribution in [0.5, 0.6) is 0 Å². The number of halogens is 1. The molecule has 88 valence electrons. The first-order valence-electron chi connectivity index (χ1n) is 5.27. The van der Waals surface area contributed by atoms with Gasteiger partial charge in [0.25, 0.3) is 0 Å². The number of rotatable bonds is 1. The molecule has 16 heavy (non-hydrogen) atoms. The molecule has 1 saturated heterocycles. The van der Waals surface area contributed by atoms with Gasteiger partial charge >= 0.3 is 0 Å². The van der Waals surface area contributed by atoms with Gasteiger partial charge in [-0.3, -0.25) is 0 Å². The van der Waals surface area contributed by atoms with E-state index in [0.29, 0.717) is 12.3 Å². The smallest absolute Gasteiger partial charge is 0.152 e. The molecule has 2 rings (SSSR count). The summed E-state index contributed by atoms with van der Waals surface area (Å²) in [4.78, 5) is 6.60. The number of pyridine rings is 1. The molecule has 0 amide bonds. The van der Waals surface area contributed by atoms with Crippen molar-refractivity contribution in [3.63, 3.8) is 0 Å². The summed E-state index contributed by atoms with van der Waals surface area (Å²) in [5, 5.41) is 0. The van der Waals surface area contributed by atoms with Crippen molar-refractivity contribution in [1.29, 1.82) is 0 Å². The average molecular weight is 286 g/mol. The molecule has 4 nitrogen and oxygen atoms in total. The van der Waals surface area contributed by atoms with E-state index < -0.39 is 0 Å². The fourth-order valence-electron chi connectivity index (χ4n) is 1.92. The second-order valence-electron chi connectivity index (χ2n) is 4.58. The van der Waals surface area contributed by atoms with Crippen molar-refractivity contribution < 1.29 is 4.74 Å². The third kappa shape index (κ3) is 2.15. The second-order valence-corrected chi connectivity index (χ2v) is 5.50. The van der Waals surface area contributed by atoms with Gasteiger partial charge in [0.15, 0.2) is 5.82 Å². The molecule has 1 aliphatic heterocycles. The molecule has 0 radical (unpaired) electrons. The zero-order chi connectivity index (χ0) is 11.8. The molecule has 1 aromatic rings. The molecular formula is C11H16BrN3O. The zero-order valence-corrected chi connectivity index (χ0v) is 11.1. The molecule has 2 heterocycles. The predicted octanol–water partition coefficient (Wildman–Crippen LogP) is 2.04. The number of nitrogens with zero attached hydrogens (tertiary/aromatic N) is 2. The van der Waals surface area contributed by atoms with E-state index in [1.807, 2.05) is 6.07 Å². The first-order chi connectivity index (χ1) is 7.50. The molecular weight excluding hydrogens is 270 g/mol. The summed E-state index contributed by atoms with van der Waals surface area (Å²) in [6, 6.07) is 1.88. The Kier molecular flexibility index (Phi) is 3.08. The minimum Gasteiger partial charge on any atom is -0.396 e. The number of aromatic nitrogens is 1. The van der Waals surface area contributed by atoms with Crippen molar-refractivity contribution in [2.45, 2.75) is 19.4 Å². The topological polar surface area (TPSA) is 51.4 Å². The van der Waals surface area contributed by atoms with Gasteiger partial charge in [0.1, 0.15) is 0 Å². The number of nitrogen functional groups attached to an aromatic ring is 1. The van der Waals surface area contributed by atoms with Gasteiger partial charge in [0, 0.05) is 17.2 Å². The highest BCUT2D eigenvalue weighted by molar-refractivity contribution is 9.10. The lowest BCUT2D eigenvalue weighted by molar-refractivity contribution is 0.0640. The van der Waals surface area contributed by atoms with E-state index in [4.69, 9.17) is 10.5 Å². The normalized spacial score (nSPS) is 19.8. The number of nitrogens with two attached hydrogens (primary N) is 1. The lowest BCUT2D eigenvalue weighted by Crippen LogP contribution is -2.53. The molecule has 0 atom stereocenters. The van der Waals surface area contributed by atoms with Gasteiger partial charge in [-0.05, 0) is 35.8 Å². The first-order valence-corrected chi connectivity index (χ1v) is 6.06. The maximum absolute atomic E-state index is 6.00. The van der Waals surface area contributed by atoms with Crippen LogP contribution >= 0.6 is 15.9 Å². The van der Waals surface area contributed by atoms with Crippen LogP contribution in [-0.2, 0) is 4.74 Å². The number of hydrogen-bond acceptors (Lipinski definition) is 4. The van der Waals surface area contributed by atoms with Crippen LogP contribution in [0.1, 0.15) is 13.8 Å².